The van der Waals surface area contributed by atoms with Gasteiger partial charge in [-0.1, -0.05) is 148 Å². The minimum atomic E-state index is -4.79. The van der Waals surface area contributed by atoms with E-state index in [4.69, 9.17) is 13.1 Å². The Bertz CT molecular complexity index is 4740. The van der Waals surface area contributed by atoms with Gasteiger partial charge in [-0.2, -0.15) is 4.58 Å². The van der Waals surface area contributed by atoms with Crippen LogP contribution in [0.25, 0.3) is 20.8 Å². The van der Waals surface area contributed by atoms with Gasteiger partial charge in [0.25, 0.3) is 0 Å². The van der Waals surface area contributed by atoms with Gasteiger partial charge in [0.05, 0.1) is 22.9 Å². The van der Waals surface area contributed by atoms with Crippen LogP contribution in [0.2, 0.25) is 0 Å². The molecule has 8 aromatic rings. The molecule has 0 spiro atoms. The van der Waals surface area contributed by atoms with E-state index in [1.54, 1.807) is 36.4 Å². The number of allylic oxidation sites excluding steroid dienone is 10. The molecule has 8 aromatic carbocycles. The number of anilines is 3. The minimum absolute atomic E-state index is 0.220. The van der Waals surface area contributed by atoms with Crippen LogP contribution >= 0.6 is 0 Å². The zero-order valence-electron chi connectivity index (χ0n) is 56.0. The molecule has 0 amide bonds. The first kappa shape index (κ1) is 70.3. The number of rotatable bonds is 22. The molecule has 0 bridgehead atoms. The SMILES string of the molecule is CCN(Cc1ccccc1)c1ccc(C(=C2C=CC(=[N+](CC)Cc3ccccc3)C(C)=C2)c2ccccc2S(=O)(=O)[O-])cc1C.[C-]#[N+]c1ccc(N(CCCC)c2ccc(C(=C3C=CC(=[N+](CCCC)c4ccc([N+]#[C-])cc4)C(C)=C3)c3ccccc3S(=O)(=O)[O-])cc2C)cc1. The van der Waals surface area contributed by atoms with E-state index in [0.29, 0.717) is 33.6 Å². The fraction of sp³-hybridized carbons (Fsp3) is 0.220. The predicted molar refractivity (Wildman–Crippen MR) is 390 cm³/mol. The molecule has 488 valence electrons. The van der Waals surface area contributed by atoms with Crippen molar-refractivity contribution >= 4 is 76.9 Å². The van der Waals surface area contributed by atoms with Crippen LogP contribution in [0.15, 0.2) is 263 Å². The molecule has 96 heavy (non-hydrogen) atoms. The molecule has 10 rings (SSSR count). The van der Waals surface area contributed by atoms with Crippen LogP contribution in [0.4, 0.5) is 34.1 Å². The van der Waals surface area contributed by atoms with E-state index in [0.717, 1.165) is 144 Å². The van der Waals surface area contributed by atoms with Crippen molar-refractivity contribution in [2.75, 3.05) is 36.0 Å². The largest absolute Gasteiger partial charge is 0.744 e. The van der Waals surface area contributed by atoms with E-state index in [-0.39, 0.29) is 9.79 Å². The molecule has 0 N–H and O–H groups in total. The monoisotopic (exact) mass is 1310 g/mol. The molecule has 0 saturated heterocycles. The predicted octanol–water partition coefficient (Wildman–Crippen LogP) is 18.8. The summed E-state index contributed by atoms with van der Waals surface area (Å²) in [6, 6.07) is 61.2. The molecule has 0 aliphatic heterocycles. The molecule has 2 aliphatic rings. The van der Waals surface area contributed by atoms with E-state index < -0.39 is 20.2 Å². The van der Waals surface area contributed by atoms with Crippen LogP contribution in [0.3, 0.4) is 0 Å². The average molecular weight is 1310 g/mol. The van der Waals surface area contributed by atoms with E-state index in [1.807, 2.05) is 98.8 Å². The number of unbranched alkanes of at least 4 members (excludes halogenated alkanes) is 2. The first-order valence-electron chi connectivity index (χ1n) is 32.6. The topological polar surface area (TPSA) is 136 Å². The van der Waals surface area contributed by atoms with E-state index >= 15 is 0 Å². The Labute approximate surface area is 568 Å². The standard InChI is InChI=1S/C43H42N4O3S.C39H40N2O3S/c1-7-9-27-46(37-21-17-35(44-5)18-22-37)40-25-15-33(29-31(40)3)43(39-13-11-12-14-42(39)51(48,49)50)34-16-26-41(32(4)30-34)47(28-10-8-2)38-23-19-36(45-6)20-24-38;1-5-40(27-31-15-9-7-10-16-31)36-23-21-33(25-29(36)3)39(35-19-13-14-20-38(35)45(42,43)44)34-22-24-37(30(4)26-34)41(6-2)28-32-17-11-8-12-18-32/h11-26,29-30H,7-10,27-28H2,1-4H3;7-26H,5-6,27-28H2,1-4H3. The summed E-state index contributed by atoms with van der Waals surface area (Å²) in [6.45, 7) is 36.4. The highest BCUT2D eigenvalue weighted by Gasteiger charge is 2.26. The quantitative estimate of drug-likeness (QED) is 0.0372. The van der Waals surface area contributed by atoms with Gasteiger partial charge >= 0.3 is 0 Å². The van der Waals surface area contributed by atoms with Crippen molar-refractivity contribution < 1.29 is 35.1 Å². The van der Waals surface area contributed by atoms with Crippen molar-refractivity contribution in [3.63, 3.8) is 0 Å². The number of nitrogens with zero attached hydrogens (tertiary/aromatic N) is 6. The molecule has 0 aromatic heterocycles. The molecule has 0 radical (unpaired) electrons. The zero-order valence-corrected chi connectivity index (χ0v) is 57.6. The molecule has 12 nitrogen and oxygen atoms in total. The highest BCUT2D eigenvalue weighted by atomic mass is 32.2. The van der Waals surface area contributed by atoms with Crippen molar-refractivity contribution in [3.05, 3.63) is 320 Å². The molecule has 0 fully saturated rings. The lowest BCUT2D eigenvalue weighted by Gasteiger charge is -2.28. The minimum Gasteiger partial charge on any atom is -0.744 e. The van der Waals surface area contributed by atoms with E-state index in [9.17, 15) is 25.9 Å². The summed E-state index contributed by atoms with van der Waals surface area (Å²) < 4.78 is 79.9. The second-order valence-electron chi connectivity index (χ2n) is 23.9. The molecule has 0 unspecified atom stereocenters. The Hall–Kier alpha value is -10.1. The van der Waals surface area contributed by atoms with Crippen LogP contribution in [-0.2, 0) is 33.3 Å². The van der Waals surface area contributed by atoms with Gasteiger partial charge in [0.1, 0.15) is 33.3 Å². The normalized spacial score (nSPS) is 15.0. The van der Waals surface area contributed by atoms with Crippen LogP contribution in [0.5, 0.6) is 0 Å². The third-order valence-electron chi connectivity index (χ3n) is 17.3. The second kappa shape index (κ2) is 32.4. The molecule has 14 heteroatoms. The summed E-state index contributed by atoms with van der Waals surface area (Å²) in [4.78, 5) is 11.2. The summed E-state index contributed by atoms with van der Waals surface area (Å²) in [7, 11) is -9.51. The first-order chi connectivity index (χ1) is 46.3. The molecule has 0 heterocycles. The van der Waals surface area contributed by atoms with Crippen molar-refractivity contribution in [2.24, 2.45) is 0 Å². The van der Waals surface area contributed by atoms with Crippen molar-refractivity contribution in [2.45, 2.75) is 104 Å². The lowest BCUT2D eigenvalue weighted by Crippen LogP contribution is -2.23. The second-order valence-corrected chi connectivity index (χ2v) is 26.6. The molecule has 0 atom stereocenters. The van der Waals surface area contributed by atoms with E-state index in [1.165, 1.54) is 23.3 Å². The van der Waals surface area contributed by atoms with Gasteiger partial charge in [-0.3, -0.25) is 0 Å². The van der Waals surface area contributed by atoms with Crippen molar-refractivity contribution in [3.8, 4) is 0 Å². The maximum atomic E-state index is 12.6. The Kier molecular flexibility index (Phi) is 23.7. The number of hydrogen-bond acceptors (Lipinski definition) is 8. The summed E-state index contributed by atoms with van der Waals surface area (Å²) in [5.74, 6) is 0. The van der Waals surface area contributed by atoms with Crippen molar-refractivity contribution in [1.29, 1.82) is 0 Å². The lowest BCUT2D eigenvalue weighted by atomic mass is 9.88. The molecular weight excluding hydrogens is 1230 g/mol. The van der Waals surface area contributed by atoms with Crippen LogP contribution < -0.4 is 9.80 Å². The number of aryl methyl sites for hydroxylation is 2. The Balaban J connectivity index is 0.000000227. The van der Waals surface area contributed by atoms with Gasteiger partial charge < -0.3 is 18.9 Å². The van der Waals surface area contributed by atoms with Crippen LogP contribution in [0.1, 0.15) is 112 Å². The third kappa shape index (κ3) is 17.1. The van der Waals surface area contributed by atoms with Gasteiger partial charge in [0.15, 0.2) is 17.9 Å². The fourth-order valence-electron chi connectivity index (χ4n) is 12.5. The maximum Gasteiger partial charge on any atom is 0.208 e. The summed E-state index contributed by atoms with van der Waals surface area (Å²) in [5.41, 5.74) is 19.3. The highest BCUT2D eigenvalue weighted by molar-refractivity contribution is 7.86. The number of hydrogen-bond donors (Lipinski definition) is 0. The average Bonchev–Trinajstić information content (AvgIpc) is 0.811. The summed E-state index contributed by atoms with van der Waals surface area (Å²) in [5, 5.41) is 0. The van der Waals surface area contributed by atoms with Gasteiger partial charge in [0, 0.05) is 83.1 Å². The Morgan fingerprint density at radius 3 is 1.44 bits per heavy atom. The van der Waals surface area contributed by atoms with Gasteiger partial charge in [-0.15, -0.1) is 0 Å². The molecule has 0 saturated carbocycles. The summed E-state index contributed by atoms with van der Waals surface area (Å²) >= 11 is 0. The van der Waals surface area contributed by atoms with E-state index in [2.05, 4.69) is 167 Å². The van der Waals surface area contributed by atoms with Gasteiger partial charge in [0.2, 0.25) is 17.1 Å². The Morgan fingerprint density at radius 2 is 0.979 bits per heavy atom. The van der Waals surface area contributed by atoms with Gasteiger partial charge in [-0.05, 0) is 195 Å². The van der Waals surface area contributed by atoms with Crippen molar-refractivity contribution in [1.82, 2.24) is 0 Å². The first-order valence-corrected chi connectivity index (χ1v) is 35.5. The highest BCUT2D eigenvalue weighted by Crippen LogP contribution is 2.40. The fourth-order valence-corrected chi connectivity index (χ4v) is 13.8. The smallest absolute Gasteiger partial charge is 0.208 e. The van der Waals surface area contributed by atoms with Crippen LogP contribution in [-0.4, -0.2) is 72.7 Å². The maximum absolute atomic E-state index is 12.6. The Morgan fingerprint density at radius 1 is 0.510 bits per heavy atom. The van der Waals surface area contributed by atoms with Gasteiger partial charge in [-0.25, -0.2) is 31.1 Å². The lowest BCUT2D eigenvalue weighted by molar-refractivity contribution is -0.539. The summed E-state index contributed by atoms with van der Waals surface area (Å²) in [6.07, 6.45) is 16.3. The zero-order chi connectivity index (χ0) is 68.5. The molecule has 2 aliphatic carbocycles. The van der Waals surface area contributed by atoms with Crippen LogP contribution in [0, 0.1) is 27.0 Å². The number of benzene rings is 8. The molecular formula is C82H82N6O6S2. The third-order valence-corrected chi connectivity index (χ3v) is 19.1.